The SMILES string of the molecule is CN(Cc1nc(-c2cccs2)no1)CC1CCCN1. The minimum absolute atomic E-state index is 0.602. The summed E-state index contributed by atoms with van der Waals surface area (Å²) >= 11 is 1.63. The van der Waals surface area contributed by atoms with Crippen LogP contribution >= 0.6 is 11.3 Å². The van der Waals surface area contributed by atoms with Crippen molar-refractivity contribution in [3.05, 3.63) is 23.4 Å². The molecule has 0 amide bonds. The first-order valence-electron chi connectivity index (χ1n) is 6.59. The van der Waals surface area contributed by atoms with Crippen LogP contribution in [0.5, 0.6) is 0 Å². The van der Waals surface area contributed by atoms with Gasteiger partial charge in [0.2, 0.25) is 11.7 Å². The Labute approximate surface area is 116 Å². The van der Waals surface area contributed by atoms with Crippen LogP contribution in [0.3, 0.4) is 0 Å². The van der Waals surface area contributed by atoms with E-state index < -0.39 is 0 Å². The summed E-state index contributed by atoms with van der Waals surface area (Å²) in [5, 5.41) is 9.54. The van der Waals surface area contributed by atoms with E-state index in [2.05, 4.69) is 27.4 Å². The maximum atomic E-state index is 5.31. The Morgan fingerprint density at radius 2 is 2.53 bits per heavy atom. The van der Waals surface area contributed by atoms with Crippen LogP contribution in [0, 0.1) is 0 Å². The quantitative estimate of drug-likeness (QED) is 0.906. The first kappa shape index (κ1) is 12.8. The maximum Gasteiger partial charge on any atom is 0.241 e. The molecule has 5 nitrogen and oxygen atoms in total. The Bertz CT molecular complexity index is 504. The van der Waals surface area contributed by atoms with Crippen molar-refractivity contribution < 1.29 is 4.52 Å². The Morgan fingerprint density at radius 1 is 1.58 bits per heavy atom. The predicted octanol–water partition coefficient (Wildman–Crippen LogP) is 1.98. The summed E-state index contributed by atoms with van der Waals surface area (Å²) in [6.07, 6.45) is 2.54. The summed E-state index contributed by atoms with van der Waals surface area (Å²) < 4.78 is 5.31. The average Bonchev–Trinajstić information content (AvgIpc) is 3.09. The molecule has 0 aliphatic carbocycles. The first-order valence-corrected chi connectivity index (χ1v) is 7.47. The van der Waals surface area contributed by atoms with Gasteiger partial charge in [0.15, 0.2) is 0 Å². The molecule has 19 heavy (non-hydrogen) atoms. The fourth-order valence-electron chi connectivity index (χ4n) is 2.41. The molecule has 6 heteroatoms. The van der Waals surface area contributed by atoms with Crippen LogP contribution in [0.2, 0.25) is 0 Å². The van der Waals surface area contributed by atoms with Crippen LogP contribution in [-0.4, -0.2) is 41.2 Å². The zero-order valence-corrected chi connectivity index (χ0v) is 11.8. The van der Waals surface area contributed by atoms with E-state index in [1.165, 1.54) is 12.8 Å². The zero-order valence-electron chi connectivity index (χ0n) is 11.0. The molecule has 2 aromatic rings. The third-order valence-corrected chi connectivity index (χ3v) is 4.18. The number of hydrogen-bond acceptors (Lipinski definition) is 6. The van der Waals surface area contributed by atoms with E-state index >= 15 is 0 Å². The van der Waals surface area contributed by atoms with Gasteiger partial charge in [-0.2, -0.15) is 4.98 Å². The van der Waals surface area contributed by atoms with Gasteiger partial charge in [-0.1, -0.05) is 11.2 Å². The number of aromatic nitrogens is 2. The number of thiophene rings is 1. The molecule has 0 saturated carbocycles. The summed E-state index contributed by atoms with van der Waals surface area (Å²) in [7, 11) is 2.09. The summed E-state index contributed by atoms with van der Waals surface area (Å²) in [4.78, 5) is 7.72. The second-order valence-corrected chi connectivity index (χ2v) is 5.93. The Hall–Kier alpha value is -1.24. The van der Waals surface area contributed by atoms with Crippen LogP contribution < -0.4 is 5.32 Å². The molecule has 0 spiro atoms. The lowest BCUT2D eigenvalue weighted by atomic mass is 10.2. The summed E-state index contributed by atoms with van der Waals surface area (Å²) in [5.41, 5.74) is 0. The molecule has 1 fully saturated rings. The summed E-state index contributed by atoms with van der Waals surface area (Å²) in [6, 6.07) is 4.60. The molecule has 0 aromatic carbocycles. The van der Waals surface area contributed by atoms with Crippen molar-refractivity contribution in [2.75, 3.05) is 20.1 Å². The van der Waals surface area contributed by atoms with Crippen molar-refractivity contribution in [2.45, 2.75) is 25.4 Å². The lowest BCUT2D eigenvalue weighted by molar-refractivity contribution is 0.248. The van der Waals surface area contributed by atoms with E-state index in [-0.39, 0.29) is 0 Å². The molecule has 3 rings (SSSR count). The van der Waals surface area contributed by atoms with Gasteiger partial charge in [0.05, 0.1) is 11.4 Å². The first-order chi connectivity index (χ1) is 9.31. The van der Waals surface area contributed by atoms with Crippen molar-refractivity contribution in [3.8, 4) is 10.7 Å². The van der Waals surface area contributed by atoms with Gasteiger partial charge in [-0.05, 0) is 37.9 Å². The number of nitrogens with one attached hydrogen (secondary N) is 1. The minimum Gasteiger partial charge on any atom is -0.338 e. The van der Waals surface area contributed by atoms with Gasteiger partial charge >= 0.3 is 0 Å². The number of hydrogen-bond donors (Lipinski definition) is 1. The Kier molecular flexibility index (Phi) is 3.91. The highest BCUT2D eigenvalue weighted by molar-refractivity contribution is 7.13. The van der Waals surface area contributed by atoms with E-state index in [0.717, 1.165) is 18.0 Å². The van der Waals surface area contributed by atoms with Crippen molar-refractivity contribution >= 4 is 11.3 Å². The molecule has 1 N–H and O–H groups in total. The number of nitrogens with zero attached hydrogens (tertiary/aromatic N) is 3. The second kappa shape index (κ2) is 5.81. The van der Waals surface area contributed by atoms with Crippen molar-refractivity contribution in [2.24, 2.45) is 0 Å². The van der Waals surface area contributed by atoms with Gasteiger partial charge in [-0.25, -0.2) is 0 Å². The highest BCUT2D eigenvalue weighted by atomic mass is 32.1. The molecule has 102 valence electrons. The lowest BCUT2D eigenvalue weighted by Crippen LogP contribution is -2.35. The predicted molar refractivity (Wildman–Crippen MR) is 75.0 cm³/mol. The van der Waals surface area contributed by atoms with E-state index in [0.29, 0.717) is 24.3 Å². The van der Waals surface area contributed by atoms with E-state index in [1.54, 1.807) is 11.3 Å². The molecule has 1 atom stereocenters. The van der Waals surface area contributed by atoms with E-state index in [1.807, 2.05) is 17.5 Å². The van der Waals surface area contributed by atoms with E-state index in [9.17, 15) is 0 Å². The molecular formula is C13H18N4OS. The normalized spacial score (nSPS) is 19.4. The Morgan fingerprint density at radius 3 is 3.26 bits per heavy atom. The van der Waals surface area contributed by atoms with Crippen LogP contribution in [-0.2, 0) is 6.54 Å². The summed E-state index contributed by atoms with van der Waals surface area (Å²) in [6.45, 7) is 2.87. The molecule has 3 heterocycles. The van der Waals surface area contributed by atoms with Crippen LogP contribution in [0.15, 0.2) is 22.0 Å². The fourth-order valence-corrected chi connectivity index (χ4v) is 3.06. The molecule has 0 bridgehead atoms. The number of rotatable bonds is 5. The van der Waals surface area contributed by atoms with Gasteiger partial charge in [0.1, 0.15) is 0 Å². The van der Waals surface area contributed by atoms with Gasteiger partial charge < -0.3 is 9.84 Å². The molecule has 1 unspecified atom stereocenters. The molecule has 1 aliphatic rings. The lowest BCUT2D eigenvalue weighted by Gasteiger charge is -2.18. The van der Waals surface area contributed by atoms with Gasteiger partial charge in [0.25, 0.3) is 0 Å². The molecule has 0 radical (unpaired) electrons. The molecular weight excluding hydrogens is 260 g/mol. The average molecular weight is 278 g/mol. The van der Waals surface area contributed by atoms with Crippen molar-refractivity contribution in [1.29, 1.82) is 0 Å². The molecule has 1 aliphatic heterocycles. The summed E-state index contributed by atoms with van der Waals surface area (Å²) in [5.74, 6) is 1.38. The van der Waals surface area contributed by atoms with Gasteiger partial charge in [-0.15, -0.1) is 11.3 Å². The highest BCUT2D eigenvalue weighted by Crippen LogP contribution is 2.21. The second-order valence-electron chi connectivity index (χ2n) is 4.98. The van der Waals surface area contributed by atoms with Crippen molar-refractivity contribution in [3.63, 3.8) is 0 Å². The molecule has 2 aromatic heterocycles. The molecule has 1 saturated heterocycles. The third-order valence-electron chi connectivity index (χ3n) is 3.31. The topological polar surface area (TPSA) is 54.2 Å². The maximum absolute atomic E-state index is 5.31. The van der Waals surface area contributed by atoms with Gasteiger partial charge in [0, 0.05) is 12.6 Å². The largest absolute Gasteiger partial charge is 0.338 e. The van der Waals surface area contributed by atoms with E-state index in [4.69, 9.17) is 4.52 Å². The number of likely N-dealkylation sites (N-methyl/N-ethyl adjacent to an activating group) is 1. The van der Waals surface area contributed by atoms with Crippen LogP contribution in [0.25, 0.3) is 10.7 Å². The smallest absolute Gasteiger partial charge is 0.241 e. The Balaban J connectivity index is 1.57. The van der Waals surface area contributed by atoms with Crippen LogP contribution in [0.1, 0.15) is 18.7 Å². The van der Waals surface area contributed by atoms with Gasteiger partial charge in [-0.3, -0.25) is 4.90 Å². The zero-order chi connectivity index (χ0) is 13.1. The van der Waals surface area contributed by atoms with Crippen LogP contribution in [0.4, 0.5) is 0 Å². The minimum atomic E-state index is 0.602. The highest BCUT2D eigenvalue weighted by Gasteiger charge is 2.17. The van der Waals surface area contributed by atoms with Crippen molar-refractivity contribution in [1.82, 2.24) is 20.4 Å². The fraction of sp³-hybridized carbons (Fsp3) is 0.538. The third kappa shape index (κ3) is 3.20. The standard InChI is InChI=1S/C13H18N4OS/c1-17(8-10-4-2-6-14-10)9-12-15-13(16-18-12)11-5-3-7-19-11/h3,5,7,10,14H,2,4,6,8-9H2,1H3. The monoisotopic (exact) mass is 278 g/mol.